The molecule has 2 N–H and O–H groups in total. The summed E-state index contributed by atoms with van der Waals surface area (Å²) < 4.78 is 4.94. The van der Waals surface area contributed by atoms with Crippen molar-refractivity contribution in [3.8, 4) is 11.1 Å². The lowest BCUT2D eigenvalue weighted by Gasteiger charge is -2.32. The minimum absolute atomic E-state index is 0.312. The normalized spacial score (nSPS) is 14.1. The minimum atomic E-state index is 0.312. The zero-order valence-corrected chi connectivity index (χ0v) is 28.6. The Labute approximate surface area is 296 Å². The summed E-state index contributed by atoms with van der Waals surface area (Å²) in [7, 11) is 0. The maximum absolute atomic E-state index is 9.50. The Kier molecular flexibility index (Phi) is 7.55. The molecule has 1 unspecified atom stereocenters. The van der Waals surface area contributed by atoms with Gasteiger partial charge in [0.2, 0.25) is 0 Å². The van der Waals surface area contributed by atoms with Crippen LogP contribution in [-0.2, 0) is 13.0 Å². The molecule has 50 heavy (non-hydrogen) atoms. The number of amidine groups is 1. The molecular weight excluding hydrogens is 629 g/mol. The van der Waals surface area contributed by atoms with E-state index in [-0.39, 0.29) is 0 Å². The molecule has 0 fully saturated rings. The SMILES string of the molecule is CC1Cc2c(c3ccc4c5ccccc5sc4c3n2N(Cc2ccccc2)NC(=N)c2cccc(-c3ccccc3)c2)C=C1c1ccccc1. The second kappa shape index (κ2) is 12.5. The molecule has 242 valence electrons. The Morgan fingerprint density at radius 3 is 2.16 bits per heavy atom. The fourth-order valence-electron chi connectivity index (χ4n) is 7.52. The molecule has 0 saturated heterocycles. The van der Waals surface area contributed by atoms with Gasteiger partial charge in [-0.15, -0.1) is 11.3 Å². The lowest BCUT2D eigenvalue weighted by atomic mass is 9.83. The Morgan fingerprint density at radius 2 is 1.38 bits per heavy atom. The van der Waals surface area contributed by atoms with E-state index in [1.807, 2.05) is 29.5 Å². The Bertz CT molecular complexity index is 2550. The molecule has 1 aliphatic rings. The summed E-state index contributed by atoms with van der Waals surface area (Å²) in [6.07, 6.45) is 3.30. The van der Waals surface area contributed by atoms with Crippen LogP contribution in [0, 0.1) is 11.3 Å². The van der Waals surface area contributed by atoms with Gasteiger partial charge in [0.1, 0.15) is 5.84 Å². The predicted molar refractivity (Wildman–Crippen MR) is 212 cm³/mol. The van der Waals surface area contributed by atoms with Gasteiger partial charge in [-0.05, 0) is 58.4 Å². The highest BCUT2D eigenvalue weighted by Gasteiger charge is 2.30. The van der Waals surface area contributed by atoms with E-state index in [9.17, 15) is 5.41 Å². The van der Waals surface area contributed by atoms with Gasteiger partial charge in [-0.3, -0.25) is 10.8 Å². The molecule has 0 saturated carbocycles. The van der Waals surface area contributed by atoms with E-state index in [2.05, 4.69) is 162 Å². The number of hydrogen-bond acceptors (Lipinski definition) is 3. The van der Waals surface area contributed by atoms with Crippen LogP contribution in [0.25, 0.3) is 53.9 Å². The molecule has 1 aliphatic carbocycles. The zero-order chi connectivity index (χ0) is 33.6. The molecule has 1 atom stereocenters. The molecule has 2 heterocycles. The second-order valence-corrected chi connectivity index (χ2v) is 14.2. The number of rotatable bonds is 7. The van der Waals surface area contributed by atoms with E-state index in [1.54, 1.807) is 0 Å². The third kappa shape index (κ3) is 5.27. The monoisotopic (exact) mass is 664 g/mol. The van der Waals surface area contributed by atoms with Crippen molar-refractivity contribution in [1.82, 2.24) is 10.1 Å². The first-order chi connectivity index (χ1) is 24.6. The van der Waals surface area contributed by atoms with E-state index < -0.39 is 0 Å². The van der Waals surface area contributed by atoms with Crippen LogP contribution in [-0.4, -0.2) is 10.5 Å². The summed E-state index contributed by atoms with van der Waals surface area (Å²) in [6, 6.07) is 53.4. The lowest BCUT2D eigenvalue weighted by molar-refractivity contribution is 0.533. The molecule has 0 spiro atoms. The number of benzene rings is 6. The van der Waals surface area contributed by atoms with Gasteiger partial charge in [-0.2, -0.15) is 0 Å². The molecule has 5 heteroatoms. The van der Waals surface area contributed by atoms with Crippen molar-refractivity contribution in [2.45, 2.75) is 19.9 Å². The third-order valence-corrected chi connectivity index (χ3v) is 11.1. The standard InChI is InChI=1S/C45H36N4S/c1-30-26-41-40(28-39(30)33-18-9-4-10-19-33)37-24-25-38-36-22-11-12-23-42(36)50-44(38)43(37)49(41)48(29-31-14-5-2-6-15-31)47-45(46)35-21-13-20-34(27-35)32-16-7-3-8-17-32/h2-25,27-28,30H,26,29H2,1H3,(H2,46,47). The summed E-state index contributed by atoms with van der Waals surface area (Å²) in [4.78, 5) is 0. The van der Waals surface area contributed by atoms with Crippen molar-refractivity contribution in [2.75, 3.05) is 5.12 Å². The average molecular weight is 665 g/mol. The smallest absolute Gasteiger partial charge is 0.145 e. The summed E-state index contributed by atoms with van der Waals surface area (Å²) in [5.74, 6) is 0.661. The van der Waals surface area contributed by atoms with Crippen LogP contribution in [0.3, 0.4) is 0 Å². The first kappa shape index (κ1) is 30.2. The molecule has 2 aromatic heterocycles. The van der Waals surface area contributed by atoms with Gasteiger partial charge in [0.05, 0.1) is 22.5 Å². The van der Waals surface area contributed by atoms with E-state index in [0.29, 0.717) is 18.3 Å². The van der Waals surface area contributed by atoms with Crippen molar-refractivity contribution >= 4 is 59.9 Å². The number of nitrogens with zero attached hydrogens (tertiary/aromatic N) is 2. The maximum atomic E-state index is 9.50. The number of hydrazine groups is 1. The first-order valence-electron chi connectivity index (χ1n) is 17.2. The number of hydrogen-bond donors (Lipinski definition) is 2. The average Bonchev–Trinajstić information content (AvgIpc) is 3.71. The van der Waals surface area contributed by atoms with Crippen LogP contribution in [0.1, 0.15) is 34.9 Å². The van der Waals surface area contributed by atoms with Gasteiger partial charge in [-0.1, -0.05) is 146 Å². The van der Waals surface area contributed by atoms with Gasteiger partial charge in [0, 0.05) is 32.0 Å². The molecule has 8 aromatic rings. The minimum Gasteiger partial charge on any atom is -0.283 e. The number of thiophene rings is 1. The Balaban J connectivity index is 1.26. The van der Waals surface area contributed by atoms with Crippen molar-refractivity contribution < 1.29 is 0 Å². The van der Waals surface area contributed by atoms with Crippen LogP contribution in [0.2, 0.25) is 0 Å². The van der Waals surface area contributed by atoms with E-state index >= 15 is 0 Å². The number of fused-ring (bicyclic) bond motifs is 7. The van der Waals surface area contributed by atoms with Crippen LogP contribution < -0.4 is 10.5 Å². The molecule has 0 bridgehead atoms. The summed E-state index contributed by atoms with van der Waals surface area (Å²) >= 11 is 1.86. The number of aromatic nitrogens is 1. The van der Waals surface area contributed by atoms with Gasteiger partial charge >= 0.3 is 0 Å². The molecule has 9 rings (SSSR count). The number of nitrogens with one attached hydrogen (secondary N) is 2. The predicted octanol–water partition coefficient (Wildman–Crippen LogP) is 11.1. The largest absolute Gasteiger partial charge is 0.283 e. The summed E-state index contributed by atoms with van der Waals surface area (Å²) in [6.45, 7) is 2.91. The van der Waals surface area contributed by atoms with Gasteiger partial charge in [-0.25, -0.2) is 9.79 Å². The van der Waals surface area contributed by atoms with Gasteiger partial charge in [0.15, 0.2) is 0 Å². The quantitative estimate of drug-likeness (QED) is 0.101. The highest BCUT2D eigenvalue weighted by molar-refractivity contribution is 7.26. The van der Waals surface area contributed by atoms with Crippen LogP contribution in [0.4, 0.5) is 0 Å². The fourth-order valence-corrected chi connectivity index (χ4v) is 8.76. The number of allylic oxidation sites excluding steroid dienone is 1. The van der Waals surface area contributed by atoms with Crippen molar-refractivity contribution in [1.29, 1.82) is 5.41 Å². The Hall–Kier alpha value is -5.91. The lowest BCUT2D eigenvalue weighted by Crippen LogP contribution is -2.49. The van der Waals surface area contributed by atoms with Crippen molar-refractivity contribution in [3.05, 3.63) is 180 Å². The van der Waals surface area contributed by atoms with Gasteiger partial charge in [0.25, 0.3) is 0 Å². The first-order valence-corrected chi connectivity index (χ1v) is 18.0. The fraction of sp³-hybridized carbons (Fsp3) is 0.0889. The topological polar surface area (TPSA) is 44.0 Å². The van der Waals surface area contributed by atoms with Crippen LogP contribution >= 0.6 is 11.3 Å². The summed E-state index contributed by atoms with van der Waals surface area (Å²) in [5.41, 5.74) is 14.2. The summed E-state index contributed by atoms with van der Waals surface area (Å²) in [5, 5.41) is 15.4. The van der Waals surface area contributed by atoms with Crippen molar-refractivity contribution in [3.63, 3.8) is 0 Å². The van der Waals surface area contributed by atoms with Crippen molar-refractivity contribution in [2.24, 2.45) is 5.92 Å². The molecule has 0 radical (unpaired) electrons. The molecule has 0 amide bonds. The highest BCUT2D eigenvalue weighted by atomic mass is 32.1. The molecular formula is C45H36N4S. The molecule has 6 aromatic carbocycles. The Morgan fingerprint density at radius 1 is 0.720 bits per heavy atom. The van der Waals surface area contributed by atoms with E-state index in [1.165, 1.54) is 53.5 Å². The van der Waals surface area contributed by atoms with E-state index in [0.717, 1.165) is 28.7 Å². The van der Waals surface area contributed by atoms with Gasteiger partial charge < -0.3 is 0 Å². The van der Waals surface area contributed by atoms with Crippen LogP contribution in [0.5, 0.6) is 0 Å². The van der Waals surface area contributed by atoms with Crippen LogP contribution in [0.15, 0.2) is 152 Å². The third-order valence-electron chi connectivity index (χ3n) is 9.94. The maximum Gasteiger partial charge on any atom is 0.145 e. The molecule has 4 nitrogen and oxygen atoms in total. The molecule has 0 aliphatic heterocycles. The zero-order valence-electron chi connectivity index (χ0n) is 27.8. The van der Waals surface area contributed by atoms with E-state index in [4.69, 9.17) is 0 Å². The second-order valence-electron chi connectivity index (χ2n) is 13.2. The highest BCUT2D eigenvalue weighted by Crippen LogP contribution is 2.45.